The van der Waals surface area contributed by atoms with Crippen LogP contribution in [0.2, 0.25) is 0 Å². The predicted molar refractivity (Wildman–Crippen MR) is 210 cm³/mol. The molecule has 0 aliphatic rings. The highest BCUT2D eigenvalue weighted by atomic mass is 19.1. The molecule has 0 saturated heterocycles. The Morgan fingerprint density at radius 1 is 0.589 bits per heavy atom. The van der Waals surface area contributed by atoms with Crippen LogP contribution in [0.1, 0.15) is 29.7 Å². The van der Waals surface area contributed by atoms with Gasteiger partial charge in [0.1, 0.15) is 23.3 Å². The molecule has 0 amide bonds. The lowest BCUT2D eigenvalue weighted by Crippen LogP contribution is -2.22. The van der Waals surface area contributed by atoms with E-state index in [-0.39, 0.29) is 55.9 Å². The molecule has 0 aliphatic carbocycles. The highest BCUT2D eigenvalue weighted by molar-refractivity contribution is 5.65. The van der Waals surface area contributed by atoms with Gasteiger partial charge in [-0.3, -0.25) is 0 Å². The molecule has 8 rings (SSSR count). The molecule has 2 N–H and O–H groups in total. The number of fused-ring (bicyclic) bond motifs is 2. The number of nitrogens with zero attached hydrogens (tertiary/aromatic N) is 5. The molecule has 0 atom stereocenters. The van der Waals surface area contributed by atoms with E-state index in [1.54, 1.807) is 18.5 Å². The number of aromatic amines is 1. The monoisotopic (exact) mass is 764 g/mol. The van der Waals surface area contributed by atoms with Gasteiger partial charge < -0.3 is 5.11 Å². The summed E-state index contributed by atoms with van der Waals surface area (Å²) in [5.74, 6) is -2.43. The maximum atomic E-state index is 13.8. The lowest BCUT2D eigenvalue weighted by molar-refractivity contribution is 0.295. The van der Waals surface area contributed by atoms with Crippen molar-refractivity contribution in [3.63, 3.8) is 0 Å². The zero-order valence-corrected chi connectivity index (χ0v) is 29.9. The molecule has 4 aromatic heterocycles. The number of pyridine rings is 2. The van der Waals surface area contributed by atoms with E-state index in [0.717, 1.165) is 27.8 Å². The number of aliphatic hydroxyl groups is 1. The molecule has 288 valence electrons. The molecule has 0 bridgehead atoms. The second-order valence-electron chi connectivity index (χ2n) is 12.7. The van der Waals surface area contributed by atoms with Crippen molar-refractivity contribution in [1.29, 1.82) is 0 Å². The van der Waals surface area contributed by atoms with E-state index < -0.39 is 23.3 Å². The fraction of sp³-hybridized carbons (Fsp3) is 0.163. The second-order valence-corrected chi connectivity index (χ2v) is 12.7. The maximum absolute atomic E-state index is 13.8. The van der Waals surface area contributed by atoms with Gasteiger partial charge in [0.2, 0.25) is 0 Å². The van der Waals surface area contributed by atoms with E-state index in [0.29, 0.717) is 11.3 Å². The molecule has 0 aliphatic heterocycles. The van der Waals surface area contributed by atoms with Gasteiger partial charge in [0.25, 0.3) is 0 Å². The fourth-order valence-electron chi connectivity index (χ4n) is 5.78. The molecule has 56 heavy (non-hydrogen) atoms. The molecule has 0 saturated carbocycles. The van der Waals surface area contributed by atoms with Crippen LogP contribution in [0.4, 0.5) is 17.6 Å². The van der Waals surface area contributed by atoms with E-state index in [4.69, 9.17) is 5.11 Å². The number of benzene rings is 4. The minimum atomic E-state index is -0.617. The molecule has 9 nitrogen and oxygen atoms in total. The van der Waals surface area contributed by atoms with Crippen molar-refractivity contribution in [1.82, 2.24) is 28.8 Å². The minimum Gasteiger partial charge on any atom is -0.396 e. The molecular formula is C43H40F4N6O3. The van der Waals surface area contributed by atoms with Crippen molar-refractivity contribution < 1.29 is 22.7 Å². The highest BCUT2D eigenvalue weighted by Crippen LogP contribution is 2.21. The number of aryl methyl sites for hydroxylation is 3. The van der Waals surface area contributed by atoms with Gasteiger partial charge >= 0.3 is 11.4 Å². The van der Waals surface area contributed by atoms with Gasteiger partial charge in [-0.1, -0.05) is 79.2 Å². The van der Waals surface area contributed by atoms with E-state index in [1.165, 1.54) is 55.4 Å². The van der Waals surface area contributed by atoms with Crippen LogP contribution in [0.25, 0.3) is 33.5 Å². The first-order valence-electron chi connectivity index (χ1n) is 17.3. The zero-order valence-electron chi connectivity index (χ0n) is 29.9. The lowest BCUT2D eigenvalue weighted by Gasteiger charge is -2.04. The molecule has 0 fully saturated rings. The first-order valence-corrected chi connectivity index (χ1v) is 17.3. The number of H-pyrrole nitrogens is 1. The second kappa shape index (κ2) is 18.2. The zero-order chi connectivity index (χ0) is 39.1. The average Bonchev–Trinajstić information content (AvgIpc) is 3.71. The molecule has 0 spiro atoms. The number of hydrogen-bond donors (Lipinski definition) is 2. The summed E-state index contributed by atoms with van der Waals surface area (Å²) < 4.78 is 57.1. The summed E-state index contributed by atoms with van der Waals surface area (Å²) in [7, 11) is 0. The number of nitrogens with one attached hydrogen (secondary N) is 1. The normalized spacial score (nSPS) is 10.7. The number of hydrogen-bond acceptors (Lipinski definition) is 5. The first-order chi connectivity index (χ1) is 26.5. The van der Waals surface area contributed by atoms with Crippen LogP contribution >= 0.6 is 0 Å². The van der Waals surface area contributed by atoms with Gasteiger partial charge in [-0.15, -0.1) is 5.10 Å². The van der Waals surface area contributed by atoms with Gasteiger partial charge in [-0.2, -0.15) is 5.10 Å². The summed E-state index contributed by atoms with van der Waals surface area (Å²) in [6, 6.07) is 31.0. The van der Waals surface area contributed by atoms with Crippen molar-refractivity contribution in [2.24, 2.45) is 0 Å². The molecule has 0 unspecified atom stereocenters. The lowest BCUT2D eigenvalue weighted by atomic mass is 10.1. The van der Waals surface area contributed by atoms with Gasteiger partial charge in [-0.25, -0.2) is 45.7 Å². The van der Waals surface area contributed by atoms with Crippen LogP contribution in [-0.2, 0) is 19.4 Å². The van der Waals surface area contributed by atoms with E-state index in [1.807, 2.05) is 68.4 Å². The SMILES string of the molecule is C.Cc1ccc(-c2ccc3n[nH]c(=O)n3c2)cc1.Cc1ccc(-c2ccc3nn(CCc4c(F)cccc4F)c(=O)n3c2)cc1.OCCc1c(F)cccc1F. The van der Waals surface area contributed by atoms with Crippen molar-refractivity contribution in [3.05, 3.63) is 188 Å². The van der Waals surface area contributed by atoms with Gasteiger partial charge in [0.15, 0.2) is 11.3 Å². The molecular weight excluding hydrogens is 725 g/mol. The molecule has 0 radical (unpaired) electrons. The van der Waals surface area contributed by atoms with Crippen LogP contribution in [0.15, 0.2) is 131 Å². The van der Waals surface area contributed by atoms with Crippen LogP contribution < -0.4 is 11.4 Å². The standard InChI is InChI=1S/C21H17F2N3O.C13H11N3O.C8H8F2O.CH4/c1-14-5-7-15(8-6-14)16-9-10-20-24-26(21(27)25(20)13-16)12-11-17-18(22)3-2-4-19(17)23;1-9-2-4-10(5-3-9)11-6-7-12-14-15-13(17)16(12)8-11;9-7-2-1-3-8(10)6(7)4-5-11;/h2-10,13H,11-12H2,1H3;2-8H,1H3,(H,15,17);1-3,11H,4-5H2;1H4. The summed E-state index contributed by atoms with van der Waals surface area (Å²) in [5, 5.41) is 19.0. The first kappa shape index (κ1) is 40.6. The Bertz CT molecular complexity index is 2640. The van der Waals surface area contributed by atoms with Crippen molar-refractivity contribution in [2.75, 3.05) is 6.61 Å². The summed E-state index contributed by atoms with van der Waals surface area (Å²) in [5.41, 5.74) is 6.84. The van der Waals surface area contributed by atoms with Gasteiger partial charge in [0.05, 0.1) is 6.54 Å². The van der Waals surface area contributed by atoms with Crippen molar-refractivity contribution >= 4 is 11.3 Å². The number of aliphatic hydroxyl groups excluding tert-OH is 1. The molecule has 8 aromatic rings. The Kier molecular flexibility index (Phi) is 13.2. The van der Waals surface area contributed by atoms with Gasteiger partial charge in [-0.05, 0) is 91.1 Å². The third-order valence-corrected chi connectivity index (χ3v) is 8.82. The Hall–Kier alpha value is -6.60. The Balaban J connectivity index is 0.000000177. The maximum Gasteiger partial charge on any atom is 0.350 e. The largest absolute Gasteiger partial charge is 0.396 e. The van der Waals surface area contributed by atoms with Gasteiger partial charge in [0, 0.05) is 36.5 Å². The van der Waals surface area contributed by atoms with E-state index in [9.17, 15) is 27.2 Å². The van der Waals surface area contributed by atoms with Crippen molar-refractivity contribution in [3.8, 4) is 22.3 Å². The van der Waals surface area contributed by atoms with Crippen molar-refractivity contribution in [2.45, 2.75) is 40.7 Å². The Labute approximate surface area is 319 Å². The minimum absolute atomic E-state index is 0. The smallest absolute Gasteiger partial charge is 0.350 e. The van der Waals surface area contributed by atoms with E-state index >= 15 is 0 Å². The third-order valence-electron chi connectivity index (χ3n) is 8.82. The fourth-order valence-corrected chi connectivity index (χ4v) is 5.78. The average molecular weight is 765 g/mol. The topological polar surface area (TPSA) is 110 Å². The third kappa shape index (κ3) is 9.36. The molecule has 4 aromatic carbocycles. The van der Waals surface area contributed by atoms with Crippen LogP contribution in [0, 0.1) is 37.1 Å². The van der Waals surface area contributed by atoms with E-state index in [2.05, 4.69) is 27.4 Å². The molecule has 13 heteroatoms. The number of aromatic nitrogens is 6. The number of rotatable bonds is 7. The van der Waals surface area contributed by atoms with Crippen LogP contribution in [-0.4, -0.2) is 40.5 Å². The predicted octanol–water partition coefficient (Wildman–Crippen LogP) is 8.13. The van der Waals surface area contributed by atoms with Crippen LogP contribution in [0.3, 0.4) is 0 Å². The molecule has 4 heterocycles. The Morgan fingerprint density at radius 2 is 1.04 bits per heavy atom. The highest BCUT2D eigenvalue weighted by Gasteiger charge is 2.13. The summed E-state index contributed by atoms with van der Waals surface area (Å²) in [6.45, 7) is 3.92. The summed E-state index contributed by atoms with van der Waals surface area (Å²) in [6.07, 6.45) is 3.60. The number of halogens is 4. The Morgan fingerprint density at radius 3 is 1.54 bits per heavy atom. The van der Waals surface area contributed by atoms with Crippen LogP contribution in [0.5, 0.6) is 0 Å². The summed E-state index contributed by atoms with van der Waals surface area (Å²) >= 11 is 0. The quantitative estimate of drug-likeness (QED) is 0.159. The summed E-state index contributed by atoms with van der Waals surface area (Å²) in [4.78, 5) is 24.1.